The molecule has 110 valence electrons. The molecule has 1 N–H and O–H groups in total. The normalized spacial score (nSPS) is 23.7. The predicted molar refractivity (Wildman–Crippen MR) is 77.4 cm³/mol. The van der Waals surface area contributed by atoms with Gasteiger partial charge in [0.2, 0.25) is 0 Å². The number of piperidine rings is 1. The maximum Gasteiger partial charge on any atom is 0.306 e. The topological polar surface area (TPSA) is 49.8 Å². The lowest BCUT2D eigenvalue weighted by molar-refractivity contribution is -0.144. The molecule has 2 unspecified atom stereocenters. The van der Waals surface area contributed by atoms with Crippen LogP contribution in [-0.4, -0.2) is 35.7 Å². The SMILES string of the molecule is COCc1cccc(CN2CCC(C(=O)O)CC2C)c1. The van der Waals surface area contributed by atoms with E-state index < -0.39 is 5.97 Å². The first-order valence-electron chi connectivity index (χ1n) is 7.13. The van der Waals surface area contributed by atoms with E-state index in [1.807, 2.05) is 0 Å². The van der Waals surface area contributed by atoms with Gasteiger partial charge in [-0.05, 0) is 37.4 Å². The van der Waals surface area contributed by atoms with Gasteiger partial charge in [-0.1, -0.05) is 24.3 Å². The van der Waals surface area contributed by atoms with E-state index in [1.165, 1.54) is 11.1 Å². The first kappa shape index (κ1) is 15.0. The number of carboxylic acid groups (broad SMARTS) is 1. The zero-order chi connectivity index (χ0) is 14.5. The van der Waals surface area contributed by atoms with Crippen LogP contribution in [0.2, 0.25) is 0 Å². The number of carboxylic acids is 1. The summed E-state index contributed by atoms with van der Waals surface area (Å²) >= 11 is 0. The summed E-state index contributed by atoms with van der Waals surface area (Å²) in [6.07, 6.45) is 1.49. The van der Waals surface area contributed by atoms with Gasteiger partial charge in [0.15, 0.2) is 0 Å². The molecule has 0 spiro atoms. The third-order valence-electron chi connectivity index (χ3n) is 4.05. The molecule has 0 aromatic heterocycles. The molecule has 2 rings (SSSR count). The molecule has 0 amide bonds. The highest BCUT2D eigenvalue weighted by Crippen LogP contribution is 2.24. The number of benzene rings is 1. The lowest BCUT2D eigenvalue weighted by Gasteiger charge is -2.36. The van der Waals surface area contributed by atoms with Crippen molar-refractivity contribution in [2.75, 3.05) is 13.7 Å². The van der Waals surface area contributed by atoms with Crippen molar-refractivity contribution in [3.05, 3.63) is 35.4 Å². The summed E-state index contributed by atoms with van der Waals surface area (Å²) < 4.78 is 5.16. The van der Waals surface area contributed by atoms with Crippen LogP contribution in [-0.2, 0) is 22.7 Å². The standard InChI is InChI=1S/C16H23NO3/c1-12-8-15(16(18)19)6-7-17(12)10-13-4-3-5-14(9-13)11-20-2/h3-5,9,12,15H,6-8,10-11H2,1-2H3,(H,18,19). The van der Waals surface area contributed by atoms with E-state index in [9.17, 15) is 4.79 Å². The smallest absolute Gasteiger partial charge is 0.306 e. The molecule has 0 saturated carbocycles. The lowest BCUT2D eigenvalue weighted by Crippen LogP contribution is -2.42. The maximum atomic E-state index is 11.0. The van der Waals surface area contributed by atoms with Gasteiger partial charge < -0.3 is 9.84 Å². The number of hydrogen-bond donors (Lipinski definition) is 1. The number of likely N-dealkylation sites (tertiary alicyclic amines) is 1. The summed E-state index contributed by atoms with van der Waals surface area (Å²) in [4.78, 5) is 13.4. The van der Waals surface area contributed by atoms with Crippen LogP contribution in [0, 0.1) is 5.92 Å². The van der Waals surface area contributed by atoms with Crippen LogP contribution in [0.5, 0.6) is 0 Å². The van der Waals surface area contributed by atoms with Gasteiger partial charge in [-0.2, -0.15) is 0 Å². The molecule has 2 atom stereocenters. The summed E-state index contributed by atoms with van der Waals surface area (Å²) in [7, 11) is 1.70. The summed E-state index contributed by atoms with van der Waals surface area (Å²) in [5, 5.41) is 9.10. The van der Waals surface area contributed by atoms with Crippen molar-refractivity contribution < 1.29 is 14.6 Å². The van der Waals surface area contributed by atoms with E-state index in [0.29, 0.717) is 12.6 Å². The molecule has 0 radical (unpaired) electrons. The zero-order valence-corrected chi connectivity index (χ0v) is 12.2. The van der Waals surface area contributed by atoms with Crippen LogP contribution in [0.4, 0.5) is 0 Å². The van der Waals surface area contributed by atoms with E-state index >= 15 is 0 Å². The predicted octanol–water partition coefficient (Wildman–Crippen LogP) is 2.52. The second-order valence-electron chi connectivity index (χ2n) is 5.63. The Kier molecular flexibility index (Phi) is 5.15. The van der Waals surface area contributed by atoms with Crippen molar-refractivity contribution in [1.82, 2.24) is 4.90 Å². The minimum absolute atomic E-state index is 0.180. The Morgan fingerprint density at radius 3 is 2.85 bits per heavy atom. The summed E-state index contributed by atoms with van der Waals surface area (Å²) in [6.45, 7) is 4.48. The number of ether oxygens (including phenoxy) is 1. The van der Waals surface area contributed by atoms with Crippen LogP contribution in [0.1, 0.15) is 30.9 Å². The molecular formula is C16H23NO3. The van der Waals surface area contributed by atoms with E-state index in [4.69, 9.17) is 9.84 Å². The number of methoxy groups -OCH3 is 1. The average molecular weight is 277 g/mol. The summed E-state index contributed by atoms with van der Waals surface area (Å²) in [6, 6.07) is 8.72. The molecule has 1 aromatic rings. The Bertz CT molecular complexity index is 461. The molecule has 20 heavy (non-hydrogen) atoms. The maximum absolute atomic E-state index is 11.0. The van der Waals surface area contributed by atoms with Crippen molar-refractivity contribution >= 4 is 5.97 Å². The van der Waals surface area contributed by atoms with Crippen molar-refractivity contribution in [1.29, 1.82) is 0 Å². The fourth-order valence-electron chi connectivity index (χ4n) is 2.90. The monoisotopic (exact) mass is 277 g/mol. The summed E-state index contributed by atoms with van der Waals surface area (Å²) in [5.41, 5.74) is 2.44. The fraction of sp³-hybridized carbons (Fsp3) is 0.562. The molecule has 1 heterocycles. The molecule has 1 aliphatic rings. The number of aliphatic carboxylic acids is 1. The van der Waals surface area contributed by atoms with E-state index in [-0.39, 0.29) is 5.92 Å². The van der Waals surface area contributed by atoms with Crippen molar-refractivity contribution in [2.24, 2.45) is 5.92 Å². The van der Waals surface area contributed by atoms with Gasteiger partial charge >= 0.3 is 5.97 Å². The van der Waals surface area contributed by atoms with Gasteiger partial charge in [0.25, 0.3) is 0 Å². The quantitative estimate of drug-likeness (QED) is 0.898. The Labute approximate surface area is 120 Å². The Hall–Kier alpha value is -1.39. The Balaban J connectivity index is 1.96. The lowest BCUT2D eigenvalue weighted by atomic mass is 9.91. The highest BCUT2D eigenvalue weighted by Gasteiger charge is 2.29. The third kappa shape index (κ3) is 3.81. The first-order chi connectivity index (χ1) is 9.60. The van der Waals surface area contributed by atoms with Crippen LogP contribution >= 0.6 is 0 Å². The number of hydrogen-bond acceptors (Lipinski definition) is 3. The van der Waals surface area contributed by atoms with E-state index in [1.54, 1.807) is 7.11 Å². The van der Waals surface area contributed by atoms with Gasteiger partial charge in [-0.25, -0.2) is 0 Å². The number of nitrogens with zero attached hydrogens (tertiary/aromatic N) is 1. The van der Waals surface area contributed by atoms with Crippen molar-refractivity contribution in [3.63, 3.8) is 0 Å². The van der Waals surface area contributed by atoms with E-state index in [2.05, 4.69) is 36.1 Å². The first-order valence-corrected chi connectivity index (χ1v) is 7.13. The second-order valence-corrected chi connectivity index (χ2v) is 5.63. The largest absolute Gasteiger partial charge is 0.481 e. The van der Waals surface area contributed by atoms with Gasteiger partial charge in [0.1, 0.15) is 0 Å². The van der Waals surface area contributed by atoms with Crippen molar-refractivity contribution in [2.45, 2.75) is 39.0 Å². The van der Waals surface area contributed by atoms with E-state index in [0.717, 1.165) is 25.9 Å². The van der Waals surface area contributed by atoms with Gasteiger partial charge in [0, 0.05) is 19.7 Å². The number of rotatable bonds is 5. The number of carbonyl (C=O) groups is 1. The van der Waals surface area contributed by atoms with Crippen LogP contribution < -0.4 is 0 Å². The van der Waals surface area contributed by atoms with Gasteiger partial charge in [-0.15, -0.1) is 0 Å². The molecule has 1 fully saturated rings. The highest BCUT2D eigenvalue weighted by molar-refractivity contribution is 5.70. The van der Waals surface area contributed by atoms with Crippen LogP contribution in [0.25, 0.3) is 0 Å². The molecule has 1 saturated heterocycles. The van der Waals surface area contributed by atoms with Gasteiger partial charge in [0.05, 0.1) is 12.5 Å². The Morgan fingerprint density at radius 1 is 1.45 bits per heavy atom. The second kappa shape index (κ2) is 6.86. The zero-order valence-electron chi connectivity index (χ0n) is 12.2. The van der Waals surface area contributed by atoms with Crippen molar-refractivity contribution in [3.8, 4) is 0 Å². The fourth-order valence-corrected chi connectivity index (χ4v) is 2.90. The molecule has 0 bridgehead atoms. The van der Waals surface area contributed by atoms with Crippen LogP contribution in [0.15, 0.2) is 24.3 Å². The van der Waals surface area contributed by atoms with Crippen LogP contribution in [0.3, 0.4) is 0 Å². The minimum Gasteiger partial charge on any atom is -0.481 e. The molecule has 0 aliphatic carbocycles. The average Bonchev–Trinajstić information content (AvgIpc) is 2.42. The molecular weight excluding hydrogens is 254 g/mol. The molecule has 4 nitrogen and oxygen atoms in total. The Morgan fingerprint density at radius 2 is 2.20 bits per heavy atom. The molecule has 4 heteroatoms. The third-order valence-corrected chi connectivity index (χ3v) is 4.05. The molecule has 1 aliphatic heterocycles. The van der Waals surface area contributed by atoms with Gasteiger partial charge in [-0.3, -0.25) is 9.69 Å². The minimum atomic E-state index is -0.654. The molecule has 1 aromatic carbocycles. The highest BCUT2D eigenvalue weighted by atomic mass is 16.5. The summed E-state index contributed by atoms with van der Waals surface area (Å²) in [5.74, 6) is -0.834.